The van der Waals surface area contributed by atoms with Crippen LogP contribution in [-0.4, -0.2) is 22.5 Å². The minimum atomic E-state index is -0.533. The van der Waals surface area contributed by atoms with Crippen LogP contribution in [0.2, 0.25) is 0 Å². The van der Waals surface area contributed by atoms with Crippen molar-refractivity contribution in [2.75, 3.05) is 17.2 Å². The average molecular weight is 186 g/mol. The van der Waals surface area contributed by atoms with Crippen molar-refractivity contribution < 1.29 is 9.21 Å². The van der Waals surface area contributed by atoms with Crippen LogP contribution in [0.4, 0.5) is 10.6 Å². The van der Waals surface area contributed by atoms with Crippen LogP contribution in [0.3, 0.4) is 0 Å². The molecule has 0 aromatic carbocycles. The second kappa shape index (κ2) is 2.71. The fourth-order valence-electron chi connectivity index (χ4n) is 1.02. The first kappa shape index (κ1) is 7.48. The van der Waals surface area contributed by atoms with Crippen molar-refractivity contribution in [3.05, 3.63) is 16.8 Å². The Balaban J connectivity index is 2.30. The first-order valence-corrected chi connectivity index (χ1v) is 4.38. The molecule has 1 fully saturated rings. The van der Waals surface area contributed by atoms with Crippen molar-refractivity contribution >= 4 is 22.8 Å². The number of hydrogen-bond acceptors (Lipinski definition) is 4. The standard InChI is InChI=1S/C6H6N2O3S/c9-5-7-4(3-11-5)8-1-2-12-6(8)10/h3H,1-2H2,(H,7,9). The minimum Gasteiger partial charge on any atom is -0.414 e. The van der Waals surface area contributed by atoms with E-state index >= 15 is 0 Å². The summed E-state index contributed by atoms with van der Waals surface area (Å²) in [7, 11) is 0. The number of hydrogen-bond donors (Lipinski definition) is 1. The molecule has 6 heteroatoms. The Morgan fingerprint density at radius 3 is 2.92 bits per heavy atom. The van der Waals surface area contributed by atoms with Crippen LogP contribution in [0.15, 0.2) is 15.5 Å². The first-order chi connectivity index (χ1) is 5.77. The highest BCUT2D eigenvalue weighted by atomic mass is 32.2. The minimum absolute atomic E-state index is 0.0490. The predicted octanol–water partition coefficient (Wildman–Crippen LogP) is 0.641. The van der Waals surface area contributed by atoms with Gasteiger partial charge in [0.1, 0.15) is 6.26 Å². The zero-order valence-corrected chi connectivity index (χ0v) is 6.89. The highest BCUT2D eigenvalue weighted by Crippen LogP contribution is 2.22. The molecule has 2 rings (SSSR count). The third-order valence-corrected chi connectivity index (χ3v) is 2.41. The van der Waals surface area contributed by atoms with Crippen molar-refractivity contribution in [3.63, 3.8) is 0 Å². The SMILES string of the molecule is O=C1SCCN1c1coc(=O)[nH]1. The summed E-state index contributed by atoms with van der Waals surface area (Å²) in [6.07, 6.45) is 1.26. The number of thioether (sulfide) groups is 1. The van der Waals surface area contributed by atoms with Gasteiger partial charge in [-0.15, -0.1) is 0 Å². The molecule has 0 spiro atoms. The van der Waals surface area contributed by atoms with Gasteiger partial charge in [0.2, 0.25) is 0 Å². The molecule has 0 saturated carbocycles. The van der Waals surface area contributed by atoms with Crippen molar-refractivity contribution in [1.29, 1.82) is 0 Å². The fourth-order valence-corrected chi connectivity index (χ4v) is 1.81. The summed E-state index contributed by atoms with van der Waals surface area (Å²) in [5, 5.41) is -0.0490. The molecule has 0 radical (unpaired) electrons. The molecular weight excluding hydrogens is 180 g/mol. The monoisotopic (exact) mass is 186 g/mol. The maximum atomic E-state index is 11.1. The van der Waals surface area contributed by atoms with E-state index in [9.17, 15) is 9.59 Å². The predicted molar refractivity (Wildman–Crippen MR) is 44.5 cm³/mol. The summed E-state index contributed by atoms with van der Waals surface area (Å²) >= 11 is 1.23. The van der Waals surface area contributed by atoms with E-state index < -0.39 is 5.76 Å². The van der Waals surface area contributed by atoms with Crippen LogP contribution < -0.4 is 10.7 Å². The topological polar surface area (TPSA) is 66.3 Å². The Morgan fingerprint density at radius 2 is 2.42 bits per heavy atom. The Labute approximate surface area is 71.7 Å². The number of amides is 1. The van der Waals surface area contributed by atoms with Gasteiger partial charge in [-0.05, 0) is 0 Å². The Hall–Kier alpha value is -1.17. The highest BCUT2D eigenvalue weighted by Gasteiger charge is 2.24. The average Bonchev–Trinajstić information content (AvgIpc) is 2.58. The van der Waals surface area contributed by atoms with E-state index in [1.165, 1.54) is 22.9 Å². The molecule has 1 aliphatic heterocycles. The van der Waals surface area contributed by atoms with Gasteiger partial charge in [0.05, 0.1) is 0 Å². The van der Waals surface area contributed by atoms with E-state index in [1.807, 2.05) is 0 Å². The molecule has 12 heavy (non-hydrogen) atoms. The molecule has 0 bridgehead atoms. The van der Waals surface area contributed by atoms with Gasteiger partial charge in [0.15, 0.2) is 5.82 Å². The number of oxazole rings is 1. The maximum Gasteiger partial charge on any atom is 0.417 e. The molecule has 2 heterocycles. The van der Waals surface area contributed by atoms with E-state index in [0.717, 1.165) is 5.75 Å². The lowest BCUT2D eigenvalue weighted by Crippen LogP contribution is -2.23. The van der Waals surface area contributed by atoms with Gasteiger partial charge in [-0.25, -0.2) is 4.79 Å². The van der Waals surface area contributed by atoms with Gasteiger partial charge in [-0.1, -0.05) is 11.8 Å². The third kappa shape index (κ3) is 1.14. The van der Waals surface area contributed by atoms with Crippen LogP contribution in [0, 0.1) is 0 Å². The summed E-state index contributed by atoms with van der Waals surface area (Å²) in [6, 6.07) is 0. The number of carbonyl (C=O) groups excluding carboxylic acids is 1. The second-order valence-corrected chi connectivity index (χ2v) is 3.35. The van der Waals surface area contributed by atoms with Crippen LogP contribution in [-0.2, 0) is 0 Å². The van der Waals surface area contributed by atoms with Gasteiger partial charge < -0.3 is 4.42 Å². The van der Waals surface area contributed by atoms with Crippen molar-refractivity contribution in [2.45, 2.75) is 0 Å². The van der Waals surface area contributed by atoms with Crippen molar-refractivity contribution in [2.24, 2.45) is 0 Å². The molecule has 0 aliphatic carbocycles. The van der Waals surface area contributed by atoms with Gasteiger partial charge in [0, 0.05) is 12.3 Å². The van der Waals surface area contributed by atoms with E-state index in [2.05, 4.69) is 9.40 Å². The number of H-pyrrole nitrogens is 1. The van der Waals surface area contributed by atoms with Crippen LogP contribution >= 0.6 is 11.8 Å². The number of nitrogens with one attached hydrogen (secondary N) is 1. The van der Waals surface area contributed by atoms with E-state index in [-0.39, 0.29) is 5.24 Å². The Morgan fingerprint density at radius 1 is 1.58 bits per heavy atom. The summed E-state index contributed by atoms with van der Waals surface area (Å²) < 4.78 is 4.51. The number of aromatic nitrogens is 1. The number of carbonyl (C=O) groups is 1. The van der Waals surface area contributed by atoms with Crippen LogP contribution in [0.5, 0.6) is 0 Å². The van der Waals surface area contributed by atoms with E-state index in [4.69, 9.17) is 0 Å². The number of rotatable bonds is 1. The quantitative estimate of drug-likeness (QED) is 0.699. The van der Waals surface area contributed by atoms with Gasteiger partial charge >= 0.3 is 5.76 Å². The smallest absolute Gasteiger partial charge is 0.414 e. The molecule has 0 atom stereocenters. The zero-order chi connectivity index (χ0) is 8.55. The Bertz CT molecular complexity index is 356. The first-order valence-electron chi connectivity index (χ1n) is 3.39. The summed E-state index contributed by atoms with van der Waals surface area (Å²) in [4.78, 5) is 25.6. The second-order valence-electron chi connectivity index (χ2n) is 2.30. The Kier molecular flexibility index (Phi) is 1.69. The van der Waals surface area contributed by atoms with Crippen molar-refractivity contribution in [3.8, 4) is 0 Å². The molecule has 1 aromatic heterocycles. The summed E-state index contributed by atoms with van der Waals surface area (Å²) in [5.41, 5.74) is 0. The molecule has 1 amide bonds. The normalized spacial score (nSPS) is 17.3. The van der Waals surface area contributed by atoms with E-state index in [0.29, 0.717) is 12.4 Å². The van der Waals surface area contributed by atoms with Gasteiger partial charge in [-0.3, -0.25) is 14.7 Å². The molecule has 0 unspecified atom stereocenters. The number of anilines is 1. The van der Waals surface area contributed by atoms with Crippen LogP contribution in [0.1, 0.15) is 0 Å². The largest absolute Gasteiger partial charge is 0.417 e. The molecule has 1 aliphatic rings. The highest BCUT2D eigenvalue weighted by molar-refractivity contribution is 8.14. The molecule has 1 aromatic rings. The van der Waals surface area contributed by atoms with Crippen molar-refractivity contribution in [1.82, 2.24) is 4.98 Å². The van der Waals surface area contributed by atoms with Gasteiger partial charge in [0.25, 0.3) is 5.24 Å². The number of nitrogens with zero attached hydrogens (tertiary/aromatic N) is 1. The summed E-state index contributed by atoms with van der Waals surface area (Å²) in [5.74, 6) is 0.663. The maximum absolute atomic E-state index is 11.1. The molecule has 5 nitrogen and oxygen atoms in total. The number of aromatic amines is 1. The van der Waals surface area contributed by atoms with Crippen LogP contribution in [0.25, 0.3) is 0 Å². The fraction of sp³-hybridized carbons (Fsp3) is 0.333. The molecule has 1 N–H and O–H groups in total. The molecule has 64 valence electrons. The molecular formula is C6H6N2O3S. The lowest BCUT2D eigenvalue weighted by molar-refractivity contribution is 0.266. The molecule has 1 saturated heterocycles. The van der Waals surface area contributed by atoms with E-state index in [1.54, 1.807) is 0 Å². The van der Waals surface area contributed by atoms with Gasteiger partial charge in [-0.2, -0.15) is 0 Å². The zero-order valence-electron chi connectivity index (χ0n) is 6.07. The lowest BCUT2D eigenvalue weighted by atomic mass is 10.6. The summed E-state index contributed by atoms with van der Waals surface area (Å²) in [6.45, 7) is 0.624. The third-order valence-electron chi connectivity index (χ3n) is 1.56. The lowest BCUT2D eigenvalue weighted by Gasteiger charge is -2.08.